The Bertz CT molecular complexity index is 1080. The topological polar surface area (TPSA) is 62.3 Å². The van der Waals surface area contributed by atoms with E-state index in [0.717, 1.165) is 41.8 Å². The minimum atomic E-state index is -0.304. The Hall–Kier alpha value is -3.47. The van der Waals surface area contributed by atoms with Gasteiger partial charge in [0.1, 0.15) is 5.69 Å². The minimum absolute atomic E-state index is 0.111. The van der Waals surface area contributed by atoms with Gasteiger partial charge in [-0.3, -0.25) is 14.6 Å². The first kappa shape index (κ1) is 19.8. The Morgan fingerprint density at radius 3 is 2.47 bits per heavy atom. The highest BCUT2D eigenvalue weighted by molar-refractivity contribution is 6.09. The normalized spacial score (nSPS) is 12.5. The number of amides is 2. The van der Waals surface area contributed by atoms with Gasteiger partial charge in [-0.15, -0.1) is 0 Å². The van der Waals surface area contributed by atoms with Gasteiger partial charge in [-0.1, -0.05) is 50.2 Å². The van der Waals surface area contributed by atoms with Crippen LogP contribution in [0.1, 0.15) is 51.4 Å². The summed E-state index contributed by atoms with van der Waals surface area (Å²) >= 11 is 0. The van der Waals surface area contributed by atoms with Crippen molar-refractivity contribution < 1.29 is 9.59 Å². The largest absolute Gasteiger partial charge is 0.320 e. The first-order valence-electron chi connectivity index (χ1n) is 10.4. The number of pyridine rings is 1. The summed E-state index contributed by atoms with van der Waals surface area (Å²) in [6, 6.07) is 17.2. The van der Waals surface area contributed by atoms with Crippen LogP contribution in [0.2, 0.25) is 0 Å². The van der Waals surface area contributed by atoms with E-state index in [4.69, 9.17) is 0 Å². The summed E-state index contributed by atoms with van der Waals surface area (Å²) in [6.07, 6.45) is 4.01. The molecule has 2 heterocycles. The van der Waals surface area contributed by atoms with Crippen LogP contribution in [0.25, 0.3) is 0 Å². The van der Waals surface area contributed by atoms with Crippen LogP contribution in [0, 0.1) is 0 Å². The zero-order valence-corrected chi connectivity index (χ0v) is 17.3. The Morgan fingerprint density at radius 1 is 1.00 bits per heavy atom. The summed E-state index contributed by atoms with van der Waals surface area (Å²) in [6.45, 7) is 4.78. The third-order valence-corrected chi connectivity index (χ3v) is 5.61. The Labute approximate surface area is 176 Å². The van der Waals surface area contributed by atoms with Gasteiger partial charge in [0.15, 0.2) is 0 Å². The lowest BCUT2D eigenvalue weighted by atomic mass is 10.0. The van der Waals surface area contributed by atoms with Crippen LogP contribution in [0.4, 0.5) is 11.4 Å². The molecule has 0 fully saturated rings. The monoisotopic (exact) mass is 399 g/mol. The molecule has 1 aliphatic rings. The third-order valence-electron chi connectivity index (χ3n) is 5.61. The second-order valence-corrected chi connectivity index (χ2v) is 7.38. The van der Waals surface area contributed by atoms with Crippen molar-refractivity contribution in [1.29, 1.82) is 0 Å². The van der Waals surface area contributed by atoms with Gasteiger partial charge in [0.2, 0.25) is 0 Å². The third kappa shape index (κ3) is 3.71. The number of carbonyl (C=O) groups is 2. The highest BCUT2D eigenvalue weighted by Crippen LogP contribution is 2.29. The molecule has 0 spiro atoms. The van der Waals surface area contributed by atoms with Gasteiger partial charge in [0, 0.05) is 29.7 Å². The van der Waals surface area contributed by atoms with Crippen molar-refractivity contribution in [3.63, 3.8) is 0 Å². The van der Waals surface area contributed by atoms with Gasteiger partial charge in [0.05, 0.1) is 0 Å². The number of carbonyl (C=O) groups excluding carboxylic acids is 2. The lowest BCUT2D eigenvalue weighted by molar-refractivity contribution is 0.0989. The van der Waals surface area contributed by atoms with E-state index in [1.165, 1.54) is 11.8 Å². The first-order chi connectivity index (χ1) is 14.6. The number of anilines is 2. The fourth-order valence-electron chi connectivity index (χ4n) is 3.97. The highest BCUT2D eigenvalue weighted by atomic mass is 16.2. The number of aromatic nitrogens is 1. The lowest BCUT2D eigenvalue weighted by Gasteiger charge is -2.18. The average Bonchev–Trinajstić information content (AvgIpc) is 3.23. The molecular formula is C25H25N3O2. The minimum Gasteiger partial charge on any atom is -0.320 e. The number of nitrogens with one attached hydrogen (secondary N) is 1. The van der Waals surface area contributed by atoms with Gasteiger partial charge in [-0.2, -0.15) is 0 Å². The van der Waals surface area contributed by atoms with E-state index in [0.29, 0.717) is 12.1 Å². The molecule has 2 amide bonds. The molecule has 1 aromatic heterocycles. The molecule has 30 heavy (non-hydrogen) atoms. The quantitative estimate of drug-likeness (QED) is 0.679. The number of rotatable bonds is 5. The van der Waals surface area contributed by atoms with Crippen molar-refractivity contribution in [3.05, 3.63) is 88.7 Å². The van der Waals surface area contributed by atoms with Crippen LogP contribution in [0.15, 0.2) is 60.8 Å². The Morgan fingerprint density at radius 2 is 1.73 bits per heavy atom. The maximum Gasteiger partial charge on any atom is 0.274 e. The van der Waals surface area contributed by atoms with Gasteiger partial charge < -0.3 is 10.2 Å². The molecule has 0 atom stereocenters. The molecule has 0 aliphatic carbocycles. The standard InChI is InChI=1S/C25H25N3O2/c1-3-17-9-7-10-18(4-2)23(17)27-24(29)21-16-20(12-14-26-21)25(30)28-15-13-19-8-5-6-11-22(19)28/h5-12,14,16H,3-4,13,15H2,1-2H3,(H,27,29). The predicted octanol–water partition coefficient (Wildman–Crippen LogP) is 4.66. The van der Waals surface area contributed by atoms with Gasteiger partial charge in [-0.25, -0.2) is 0 Å². The Balaban J connectivity index is 1.59. The van der Waals surface area contributed by atoms with E-state index < -0.39 is 0 Å². The van der Waals surface area contributed by atoms with Crippen molar-refractivity contribution in [2.24, 2.45) is 0 Å². The molecule has 152 valence electrons. The highest BCUT2D eigenvalue weighted by Gasteiger charge is 2.26. The molecule has 2 aromatic carbocycles. The van der Waals surface area contributed by atoms with Crippen molar-refractivity contribution in [3.8, 4) is 0 Å². The molecule has 0 bridgehead atoms. The van der Waals surface area contributed by atoms with Gasteiger partial charge in [0.25, 0.3) is 11.8 Å². The summed E-state index contributed by atoms with van der Waals surface area (Å²) in [5.41, 5.74) is 5.83. The lowest BCUT2D eigenvalue weighted by Crippen LogP contribution is -2.29. The molecule has 0 radical (unpaired) electrons. The molecule has 0 unspecified atom stereocenters. The zero-order chi connectivity index (χ0) is 21.1. The molecule has 5 heteroatoms. The summed E-state index contributed by atoms with van der Waals surface area (Å²) in [7, 11) is 0. The van der Waals surface area contributed by atoms with Crippen LogP contribution >= 0.6 is 0 Å². The summed E-state index contributed by atoms with van der Waals surface area (Å²) in [5.74, 6) is -0.415. The van der Waals surface area contributed by atoms with E-state index in [-0.39, 0.29) is 17.5 Å². The summed E-state index contributed by atoms with van der Waals surface area (Å²) in [5, 5.41) is 3.02. The average molecular weight is 399 g/mol. The van der Waals surface area contributed by atoms with Crippen LogP contribution < -0.4 is 10.2 Å². The maximum absolute atomic E-state index is 13.1. The van der Waals surface area contributed by atoms with E-state index >= 15 is 0 Å². The number of aryl methyl sites for hydroxylation is 2. The van der Waals surface area contributed by atoms with Crippen molar-refractivity contribution in [2.45, 2.75) is 33.1 Å². The smallest absolute Gasteiger partial charge is 0.274 e. The van der Waals surface area contributed by atoms with Crippen molar-refractivity contribution in [1.82, 2.24) is 4.98 Å². The predicted molar refractivity (Wildman–Crippen MR) is 119 cm³/mol. The van der Waals surface area contributed by atoms with E-state index in [2.05, 4.69) is 24.1 Å². The van der Waals surface area contributed by atoms with Crippen LogP contribution in [-0.4, -0.2) is 23.3 Å². The molecule has 0 saturated carbocycles. The van der Waals surface area contributed by atoms with E-state index in [1.54, 1.807) is 17.0 Å². The second-order valence-electron chi connectivity index (χ2n) is 7.38. The Kier molecular flexibility index (Phi) is 5.61. The van der Waals surface area contributed by atoms with Crippen LogP contribution in [-0.2, 0) is 19.3 Å². The number of hydrogen-bond acceptors (Lipinski definition) is 3. The number of nitrogens with zero attached hydrogens (tertiary/aromatic N) is 2. The maximum atomic E-state index is 13.1. The second kappa shape index (κ2) is 8.49. The van der Waals surface area contributed by atoms with Crippen LogP contribution in [0.3, 0.4) is 0 Å². The van der Waals surface area contributed by atoms with Crippen LogP contribution in [0.5, 0.6) is 0 Å². The van der Waals surface area contributed by atoms with Crippen molar-refractivity contribution >= 4 is 23.2 Å². The molecule has 5 nitrogen and oxygen atoms in total. The summed E-state index contributed by atoms with van der Waals surface area (Å²) in [4.78, 5) is 32.0. The molecule has 0 saturated heterocycles. The summed E-state index contributed by atoms with van der Waals surface area (Å²) < 4.78 is 0. The van der Waals surface area contributed by atoms with Crippen molar-refractivity contribution in [2.75, 3.05) is 16.8 Å². The molecule has 3 aromatic rings. The molecule has 4 rings (SSSR count). The fourth-order valence-corrected chi connectivity index (χ4v) is 3.97. The van der Waals surface area contributed by atoms with E-state index in [9.17, 15) is 9.59 Å². The number of fused-ring (bicyclic) bond motifs is 1. The van der Waals surface area contributed by atoms with E-state index in [1.807, 2.05) is 42.5 Å². The SMILES string of the molecule is CCc1cccc(CC)c1NC(=O)c1cc(C(=O)N2CCc3ccccc32)ccn1. The molecule has 1 N–H and O–H groups in total. The number of benzene rings is 2. The number of para-hydroxylation sites is 2. The first-order valence-corrected chi connectivity index (χ1v) is 10.4. The zero-order valence-electron chi connectivity index (χ0n) is 17.3. The molecular weight excluding hydrogens is 374 g/mol. The molecule has 1 aliphatic heterocycles. The fraction of sp³-hybridized carbons (Fsp3) is 0.240. The number of hydrogen-bond donors (Lipinski definition) is 1. The van der Waals surface area contributed by atoms with Gasteiger partial charge >= 0.3 is 0 Å². The van der Waals surface area contributed by atoms with Gasteiger partial charge in [-0.05, 0) is 54.2 Å².